The van der Waals surface area contributed by atoms with Crippen LogP contribution in [0.25, 0.3) is 0 Å². The van der Waals surface area contributed by atoms with Gasteiger partial charge in [0.15, 0.2) is 0 Å². The van der Waals surface area contributed by atoms with Crippen LogP contribution < -0.4 is 0 Å². The molecule has 0 unspecified atom stereocenters. The van der Waals surface area contributed by atoms with Crippen molar-refractivity contribution in [3.05, 3.63) is 0 Å². The highest BCUT2D eigenvalue weighted by atomic mass is 19.4. The number of hydrogen-bond donors (Lipinski definition) is 0. The van der Waals surface area contributed by atoms with Gasteiger partial charge in [0.2, 0.25) is 0 Å². The zero-order chi connectivity index (χ0) is 15.7. The van der Waals surface area contributed by atoms with Gasteiger partial charge in [-0.2, -0.15) is 0 Å². The number of ether oxygens (including phenoxy) is 1. The Morgan fingerprint density at radius 2 is 1.65 bits per heavy atom. The number of amides is 1. The summed E-state index contributed by atoms with van der Waals surface area (Å²) in [5, 5.41) is 0. The molecule has 1 fully saturated rings. The third-order valence-electron chi connectivity index (χ3n) is 3.17. The van der Waals surface area contributed by atoms with Gasteiger partial charge in [-0.25, -0.2) is 4.79 Å². The van der Waals surface area contributed by atoms with Crippen LogP contribution in [-0.2, 0) is 4.74 Å². The quantitative estimate of drug-likeness (QED) is 0.734. The van der Waals surface area contributed by atoms with E-state index in [-0.39, 0.29) is 25.2 Å². The average Bonchev–Trinajstić information content (AvgIpc) is 2.19. The highest BCUT2D eigenvalue weighted by molar-refractivity contribution is 6.58. The van der Waals surface area contributed by atoms with Crippen molar-refractivity contribution in [2.45, 2.75) is 52.3 Å². The van der Waals surface area contributed by atoms with E-state index in [0.29, 0.717) is 0 Å². The van der Waals surface area contributed by atoms with Gasteiger partial charge < -0.3 is 27.5 Å². The van der Waals surface area contributed by atoms with E-state index < -0.39 is 25.1 Å². The first-order chi connectivity index (χ1) is 8.89. The summed E-state index contributed by atoms with van der Waals surface area (Å²) in [5.41, 5.74) is -0.601. The molecule has 1 saturated heterocycles. The summed E-state index contributed by atoms with van der Waals surface area (Å²) in [6.07, 6.45) is -1.35. The van der Waals surface area contributed by atoms with Crippen LogP contribution >= 0.6 is 0 Å². The molecule has 2 atom stereocenters. The highest BCUT2D eigenvalue weighted by Crippen LogP contribution is 2.22. The second-order valence-corrected chi connectivity index (χ2v) is 6.49. The van der Waals surface area contributed by atoms with Crippen molar-refractivity contribution < 1.29 is 22.5 Å². The van der Waals surface area contributed by atoms with Crippen LogP contribution in [0.1, 0.15) is 34.6 Å². The molecule has 0 aromatic rings. The first-order valence-electron chi connectivity index (χ1n) is 6.84. The molecule has 0 aliphatic carbocycles. The maximum atomic E-state index is 12.6. The molecule has 1 amide bonds. The van der Waals surface area contributed by atoms with Gasteiger partial charge in [-0.15, -0.1) is 0 Å². The van der Waals surface area contributed by atoms with Gasteiger partial charge >= 0.3 is 13.1 Å². The number of nitrogens with zero attached hydrogens (tertiary/aromatic N) is 2. The predicted molar refractivity (Wildman–Crippen MR) is 72.5 cm³/mol. The molecule has 0 bridgehead atoms. The lowest BCUT2D eigenvalue weighted by Gasteiger charge is -2.46. The molecule has 0 spiro atoms. The van der Waals surface area contributed by atoms with Gasteiger partial charge in [0.05, 0.1) is 0 Å². The normalized spacial score (nSPS) is 25.7. The number of halogens is 3. The van der Waals surface area contributed by atoms with Crippen LogP contribution in [0.2, 0.25) is 0 Å². The van der Waals surface area contributed by atoms with E-state index in [9.17, 15) is 17.7 Å². The fourth-order valence-corrected chi connectivity index (χ4v) is 2.43. The van der Waals surface area contributed by atoms with Gasteiger partial charge in [0, 0.05) is 25.2 Å². The number of hydrogen-bond acceptors (Lipinski definition) is 3. The summed E-state index contributed by atoms with van der Waals surface area (Å²) in [5.74, 6) is 0. The summed E-state index contributed by atoms with van der Waals surface area (Å²) in [7, 11) is 0. The molecule has 118 valence electrons. The van der Waals surface area contributed by atoms with Crippen molar-refractivity contribution in [3.63, 3.8) is 0 Å². The zero-order valence-corrected chi connectivity index (χ0v) is 12.7. The summed E-state index contributed by atoms with van der Waals surface area (Å²) in [4.78, 5) is 14.9. The minimum Gasteiger partial charge on any atom is -0.448 e. The summed E-state index contributed by atoms with van der Waals surface area (Å²) < 4.78 is 43.0. The molecule has 0 radical (unpaired) electrons. The van der Waals surface area contributed by atoms with Crippen molar-refractivity contribution in [2.24, 2.45) is 0 Å². The Morgan fingerprint density at radius 3 is 2.00 bits per heavy atom. The number of carbonyl (C=O) groups excluding carboxylic acids is 1. The molecular formula is C12H23BF3N2O2-. The SMILES string of the molecule is C[C@@H]1CN(C(=O)OC(C)(C)C)C[C@H](C)N1C[B-](F)(F)F. The molecule has 1 aliphatic rings. The second-order valence-electron chi connectivity index (χ2n) is 6.49. The Morgan fingerprint density at radius 1 is 1.20 bits per heavy atom. The fraction of sp³-hybridized carbons (Fsp3) is 0.917. The number of rotatable bonds is 2. The first kappa shape index (κ1) is 17.1. The van der Waals surface area contributed by atoms with Crippen LogP contribution in [0.5, 0.6) is 0 Å². The maximum Gasteiger partial charge on any atom is 0.492 e. The monoisotopic (exact) mass is 295 g/mol. The lowest BCUT2D eigenvalue weighted by molar-refractivity contribution is -0.00494. The van der Waals surface area contributed by atoms with E-state index in [2.05, 4.69) is 0 Å². The van der Waals surface area contributed by atoms with Gasteiger partial charge in [0.25, 0.3) is 0 Å². The predicted octanol–water partition coefficient (Wildman–Crippen LogP) is 2.70. The van der Waals surface area contributed by atoms with Gasteiger partial charge in [-0.3, -0.25) is 0 Å². The van der Waals surface area contributed by atoms with Crippen LogP contribution in [0, 0.1) is 0 Å². The first-order valence-corrected chi connectivity index (χ1v) is 6.84. The molecule has 1 heterocycles. The van der Waals surface area contributed by atoms with E-state index >= 15 is 0 Å². The second kappa shape index (κ2) is 5.83. The average molecular weight is 295 g/mol. The Balaban J connectivity index is 2.66. The van der Waals surface area contributed by atoms with Crippen molar-refractivity contribution in [1.29, 1.82) is 0 Å². The molecule has 0 saturated carbocycles. The van der Waals surface area contributed by atoms with Crippen molar-refractivity contribution in [3.8, 4) is 0 Å². The number of carbonyl (C=O) groups is 1. The molecule has 1 rings (SSSR count). The van der Waals surface area contributed by atoms with Crippen LogP contribution in [-0.4, -0.2) is 60.1 Å². The summed E-state index contributed by atoms with van der Waals surface area (Å²) >= 11 is 0. The molecule has 0 aromatic carbocycles. The van der Waals surface area contributed by atoms with Crippen LogP contribution in [0.3, 0.4) is 0 Å². The molecule has 20 heavy (non-hydrogen) atoms. The molecule has 4 nitrogen and oxygen atoms in total. The Kier molecular flexibility index (Phi) is 5.00. The van der Waals surface area contributed by atoms with E-state index in [1.165, 1.54) is 9.80 Å². The maximum absolute atomic E-state index is 12.6. The van der Waals surface area contributed by atoms with Crippen LogP contribution in [0.4, 0.5) is 17.7 Å². The zero-order valence-electron chi connectivity index (χ0n) is 12.7. The Hall–Kier alpha value is -0.915. The standard InChI is InChI=1S/C12H23BF3N2O2/c1-9-6-17(11(19)20-12(3,4)5)7-10(2)18(9)8-13(14,15)16/h9-10H,6-8H2,1-5H3/q-1/t9-,10+. The van der Waals surface area contributed by atoms with Gasteiger partial charge in [-0.05, 0) is 41.1 Å². The van der Waals surface area contributed by atoms with E-state index in [0.717, 1.165) is 0 Å². The molecule has 1 aliphatic heterocycles. The highest BCUT2D eigenvalue weighted by Gasteiger charge is 2.37. The lowest BCUT2D eigenvalue weighted by atomic mass is 9.88. The van der Waals surface area contributed by atoms with Crippen molar-refractivity contribution >= 4 is 13.1 Å². The fourth-order valence-electron chi connectivity index (χ4n) is 2.43. The van der Waals surface area contributed by atoms with E-state index in [4.69, 9.17) is 4.74 Å². The molecule has 8 heteroatoms. The minimum absolute atomic E-state index is 0.255. The lowest BCUT2D eigenvalue weighted by Crippen LogP contribution is -2.60. The van der Waals surface area contributed by atoms with Gasteiger partial charge in [0.1, 0.15) is 5.60 Å². The van der Waals surface area contributed by atoms with Crippen LogP contribution in [0.15, 0.2) is 0 Å². The molecule has 0 N–H and O–H groups in total. The van der Waals surface area contributed by atoms with Gasteiger partial charge in [-0.1, -0.05) is 0 Å². The summed E-state index contributed by atoms with van der Waals surface area (Å²) in [6.45, 7) is 4.35. The molecule has 0 aromatic heterocycles. The van der Waals surface area contributed by atoms with E-state index in [1.807, 2.05) is 0 Å². The number of piperazine rings is 1. The third kappa shape index (κ3) is 5.23. The minimum atomic E-state index is -4.86. The Bertz CT molecular complexity index is 346. The Labute approximate surface area is 118 Å². The topological polar surface area (TPSA) is 32.8 Å². The summed E-state index contributed by atoms with van der Waals surface area (Å²) in [6, 6.07) is -0.676. The van der Waals surface area contributed by atoms with E-state index in [1.54, 1.807) is 34.6 Å². The largest absolute Gasteiger partial charge is 0.492 e. The van der Waals surface area contributed by atoms with Crippen molar-refractivity contribution in [1.82, 2.24) is 9.80 Å². The smallest absolute Gasteiger partial charge is 0.448 e. The third-order valence-corrected chi connectivity index (χ3v) is 3.17. The molecular weight excluding hydrogens is 272 g/mol. The van der Waals surface area contributed by atoms with Crippen molar-refractivity contribution in [2.75, 3.05) is 19.5 Å².